The molecule has 0 saturated heterocycles. The summed E-state index contributed by atoms with van der Waals surface area (Å²) in [6, 6.07) is 12.2. The Hall–Kier alpha value is -2.45. The zero-order valence-electron chi connectivity index (χ0n) is 15.4. The number of carbonyl (C=O) groups is 1. The number of fused-ring (bicyclic) bond motifs is 3. The van der Waals surface area contributed by atoms with Crippen LogP contribution in [0.15, 0.2) is 30.3 Å². The van der Waals surface area contributed by atoms with Crippen LogP contribution < -0.4 is 0 Å². The molecule has 0 amide bonds. The SMILES string of the molecule is COC1C[C@]2(C)c3nc(C#N)n(-c4ccccc4)c3CC[C@H]2[C@H](C)C1=O. The van der Waals surface area contributed by atoms with E-state index in [-0.39, 0.29) is 23.0 Å². The molecule has 0 spiro atoms. The van der Waals surface area contributed by atoms with Crippen LogP contribution in [0.5, 0.6) is 0 Å². The lowest BCUT2D eigenvalue weighted by Gasteiger charge is -2.49. The molecule has 1 unspecified atom stereocenters. The number of carbonyl (C=O) groups excluding carboxylic acids is 1. The number of imidazole rings is 1. The molecule has 1 fully saturated rings. The van der Waals surface area contributed by atoms with Gasteiger partial charge in [-0.1, -0.05) is 32.0 Å². The highest BCUT2D eigenvalue weighted by molar-refractivity contribution is 5.87. The molecule has 5 heteroatoms. The van der Waals surface area contributed by atoms with Crippen LogP contribution in [-0.4, -0.2) is 28.5 Å². The van der Waals surface area contributed by atoms with E-state index in [2.05, 4.69) is 13.0 Å². The number of hydrogen-bond donors (Lipinski definition) is 0. The van der Waals surface area contributed by atoms with Gasteiger partial charge in [0.15, 0.2) is 5.78 Å². The third kappa shape index (κ3) is 2.25. The first kappa shape index (κ1) is 17.0. The van der Waals surface area contributed by atoms with Gasteiger partial charge in [0.2, 0.25) is 5.82 Å². The molecule has 2 aromatic rings. The first-order valence-corrected chi connectivity index (χ1v) is 9.15. The van der Waals surface area contributed by atoms with Crippen molar-refractivity contribution in [2.75, 3.05) is 7.11 Å². The molecule has 5 nitrogen and oxygen atoms in total. The van der Waals surface area contributed by atoms with Crippen LogP contribution in [0.25, 0.3) is 5.69 Å². The molecule has 1 heterocycles. The number of hydrogen-bond acceptors (Lipinski definition) is 4. The van der Waals surface area contributed by atoms with Gasteiger partial charge in [-0.2, -0.15) is 5.26 Å². The van der Waals surface area contributed by atoms with Crippen LogP contribution in [0.2, 0.25) is 0 Å². The lowest BCUT2D eigenvalue weighted by molar-refractivity contribution is -0.143. The van der Waals surface area contributed by atoms with Crippen LogP contribution in [0.4, 0.5) is 0 Å². The lowest BCUT2D eigenvalue weighted by atomic mass is 9.56. The predicted molar refractivity (Wildman–Crippen MR) is 97.0 cm³/mol. The van der Waals surface area contributed by atoms with Crippen molar-refractivity contribution in [1.29, 1.82) is 5.26 Å². The Morgan fingerprint density at radius 2 is 2.08 bits per heavy atom. The number of methoxy groups -OCH3 is 1. The number of ether oxygens (including phenoxy) is 1. The minimum absolute atomic E-state index is 0.0562. The first-order chi connectivity index (χ1) is 12.5. The normalized spacial score (nSPS) is 30.4. The van der Waals surface area contributed by atoms with Crippen molar-refractivity contribution in [3.8, 4) is 11.8 Å². The molecule has 2 aliphatic carbocycles. The maximum Gasteiger partial charge on any atom is 0.217 e. The zero-order valence-corrected chi connectivity index (χ0v) is 15.4. The Labute approximate surface area is 153 Å². The number of Topliss-reactive ketones (excluding diaryl/α,β-unsaturated/α-hetero) is 1. The number of para-hydroxylation sites is 1. The van der Waals surface area contributed by atoms with E-state index in [1.54, 1.807) is 7.11 Å². The summed E-state index contributed by atoms with van der Waals surface area (Å²) >= 11 is 0. The van der Waals surface area contributed by atoms with Gasteiger partial charge in [0.05, 0.1) is 5.69 Å². The van der Waals surface area contributed by atoms with Gasteiger partial charge < -0.3 is 4.74 Å². The molecule has 0 bridgehead atoms. The van der Waals surface area contributed by atoms with E-state index < -0.39 is 6.10 Å². The second-order valence-electron chi connectivity index (χ2n) is 7.70. The van der Waals surface area contributed by atoms with Gasteiger partial charge in [-0.05, 0) is 37.3 Å². The van der Waals surface area contributed by atoms with E-state index in [0.717, 1.165) is 29.9 Å². The van der Waals surface area contributed by atoms with Crippen LogP contribution in [0.3, 0.4) is 0 Å². The fraction of sp³-hybridized carbons (Fsp3) is 0.476. The van der Waals surface area contributed by atoms with Crippen LogP contribution in [-0.2, 0) is 21.4 Å². The monoisotopic (exact) mass is 349 g/mol. The summed E-state index contributed by atoms with van der Waals surface area (Å²) in [4.78, 5) is 17.4. The smallest absolute Gasteiger partial charge is 0.217 e. The van der Waals surface area contributed by atoms with E-state index in [0.29, 0.717) is 12.2 Å². The Morgan fingerprint density at radius 3 is 2.73 bits per heavy atom. The molecule has 0 aliphatic heterocycles. The number of nitrogens with zero attached hydrogens (tertiary/aromatic N) is 3. The lowest BCUT2D eigenvalue weighted by Crippen LogP contribution is -2.53. The molecule has 4 atom stereocenters. The topological polar surface area (TPSA) is 67.9 Å². The van der Waals surface area contributed by atoms with Gasteiger partial charge in [-0.3, -0.25) is 9.36 Å². The van der Waals surface area contributed by atoms with E-state index in [1.165, 1.54) is 0 Å². The van der Waals surface area contributed by atoms with Crippen LogP contribution in [0.1, 0.15) is 43.9 Å². The summed E-state index contributed by atoms with van der Waals surface area (Å²) in [5.41, 5.74) is 2.77. The highest BCUT2D eigenvalue weighted by Crippen LogP contribution is 2.51. The number of ketones is 1. The molecule has 26 heavy (non-hydrogen) atoms. The van der Waals surface area contributed by atoms with Crippen LogP contribution in [0, 0.1) is 23.2 Å². The second kappa shape index (κ2) is 6.07. The van der Waals surface area contributed by atoms with Crippen molar-refractivity contribution in [2.45, 2.75) is 44.6 Å². The van der Waals surface area contributed by atoms with Gasteiger partial charge >= 0.3 is 0 Å². The molecule has 1 saturated carbocycles. The van der Waals surface area contributed by atoms with Crippen molar-refractivity contribution in [1.82, 2.24) is 9.55 Å². The number of benzene rings is 1. The minimum atomic E-state index is -0.399. The standard InChI is InChI=1S/C21H23N3O2/c1-13-15-9-10-16-20(21(15,2)11-17(26-3)19(13)25)23-18(12-22)24(16)14-7-5-4-6-8-14/h4-8,13,15,17H,9-11H2,1-3H3/t13-,15-,17?,21-/m0/s1. The van der Waals surface area contributed by atoms with E-state index in [9.17, 15) is 10.1 Å². The zero-order chi connectivity index (χ0) is 18.5. The average Bonchev–Trinajstić information content (AvgIpc) is 3.05. The molecule has 134 valence electrons. The summed E-state index contributed by atoms with van der Waals surface area (Å²) in [6.07, 6.45) is 1.98. The molecule has 0 radical (unpaired) electrons. The summed E-state index contributed by atoms with van der Waals surface area (Å²) in [5.74, 6) is 0.793. The fourth-order valence-corrected chi connectivity index (χ4v) is 5.08. The second-order valence-corrected chi connectivity index (χ2v) is 7.70. The summed E-state index contributed by atoms with van der Waals surface area (Å²) in [7, 11) is 1.60. The quantitative estimate of drug-likeness (QED) is 0.835. The number of aromatic nitrogens is 2. The highest BCUT2D eigenvalue weighted by Gasteiger charge is 2.53. The van der Waals surface area contributed by atoms with Gasteiger partial charge in [0.25, 0.3) is 0 Å². The van der Waals surface area contributed by atoms with Crippen molar-refractivity contribution in [2.24, 2.45) is 11.8 Å². The molecule has 4 rings (SSSR count). The largest absolute Gasteiger partial charge is 0.374 e. The number of rotatable bonds is 2. The van der Waals surface area contributed by atoms with Gasteiger partial charge in [-0.15, -0.1) is 0 Å². The summed E-state index contributed by atoms with van der Waals surface area (Å²) in [6.45, 7) is 4.20. The third-order valence-electron chi connectivity index (χ3n) is 6.40. The predicted octanol–water partition coefficient (Wildman–Crippen LogP) is 3.19. The molecule has 1 aromatic carbocycles. The van der Waals surface area contributed by atoms with E-state index in [4.69, 9.17) is 9.72 Å². The summed E-state index contributed by atoms with van der Waals surface area (Å²) < 4.78 is 7.49. The first-order valence-electron chi connectivity index (χ1n) is 9.15. The van der Waals surface area contributed by atoms with Crippen LogP contribution >= 0.6 is 0 Å². The van der Waals surface area contributed by atoms with Gasteiger partial charge in [-0.25, -0.2) is 4.98 Å². The van der Waals surface area contributed by atoms with Gasteiger partial charge in [0, 0.05) is 29.8 Å². The Kier molecular flexibility index (Phi) is 3.96. The molecule has 1 aromatic heterocycles. The van der Waals surface area contributed by atoms with E-state index >= 15 is 0 Å². The van der Waals surface area contributed by atoms with E-state index in [1.807, 2.05) is 41.8 Å². The fourth-order valence-electron chi connectivity index (χ4n) is 5.08. The Morgan fingerprint density at radius 1 is 1.35 bits per heavy atom. The Balaban J connectivity index is 1.89. The maximum atomic E-state index is 12.6. The summed E-state index contributed by atoms with van der Waals surface area (Å²) in [5, 5.41) is 9.69. The molecular weight excluding hydrogens is 326 g/mol. The van der Waals surface area contributed by atoms with Crippen molar-refractivity contribution in [3.05, 3.63) is 47.5 Å². The third-order valence-corrected chi connectivity index (χ3v) is 6.40. The van der Waals surface area contributed by atoms with Crippen molar-refractivity contribution in [3.63, 3.8) is 0 Å². The molecule has 2 aliphatic rings. The minimum Gasteiger partial charge on any atom is -0.374 e. The molecular formula is C21H23N3O2. The average molecular weight is 349 g/mol. The van der Waals surface area contributed by atoms with Gasteiger partial charge in [0.1, 0.15) is 12.2 Å². The maximum absolute atomic E-state index is 12.6. The highest BCUT2D eigenvalue weighted by atomic mass is 16.5. The number of nitriles is 1. The molecule has 0 N–H and O–H groups in total. The Bertz CT molecular complexity index is 896. The van der Waals surface area contributed by atoms with Crippen molar-refractivity contribution < 1.29 is 9.53 Å². The van der Waals surface area contributed by atoms with Crippen molar-refractivity contribution >= 4 is 5.78 Å².